The molecule has 1 fully saturated rings. The fraction of sp³-hybridized carbons (Fsp3) is 0.778. The normalized spacial score (nSPS) is 23.7. The topological polar surface area (TPSA) is 107 Å². The Morgan fingerprint density at radius 1 is 1.44 bits per heavy atom. The van der Waals surface area contributed by atoms with Crippen molar-refractivity contribution in [2.45, 2.75) is 25.3 Å². The summed E-state index contributed by atoms with van der Waals surface area (Å²) in [4.78, 5) is 29.6. The quantitative estimate of drug-likeness (QED) is 0.519. The van der Waals surface area contributed by atoms with Crippen LogP contribution in [0.4, 0.5) is 0 Å². The summed E-state index contributed by atoms with van der Waals surface area (Å²) < 4.78 is 28.1. The molecule has 0 aromatic carbocycles. The minimum atomic E-state index is -4.78. The second-order valence-electron chi connectivity index (χ2n) is 4.24. The zero-order valence-corrected chi connectivity index (χ0v) is 12.0. The Morgan fingerprint density at radius 3 is 2.50 bits per heavy atom. The molecule has 0 aromatic rings. The first-order valence-corrected chi connectivity index (χ1v) is 8.94. The molecule has 0 aromatic heterocycles. The second-order valence-corrected chi connectivity index (χ2v) is 8.19. The lowest BCUT2D eigenvalue weighted by Crippen LogP contribution is -2.40. The monoisotopic (exact) mass is 299 g/mol. The second kappa shape index (κ2) is 5.97. The maximum absolute atomic E-state index is 11.9. The number of nitrogens with zero attached hydrogens (tertiary/aromatic N) is 1. The molecule has 1 aliphatic heterocycles. The van der Waals surface area contributed by atoms with Gasteiger partial charge in [0.2, 0.25) is 5.52 Å². The highest BCUT2D eigenvalue weighted by Crippen LogP contribution is 2.64. The average molecular weight is 299 g/mol. The number of piperidine rings is 1. The Bertz CT molecular complexity index is 406. The number of likely N-dealkylation sites (tertiary alicyclic amines) is 1. The summed E-state index contributed by atoms with van der Waals surface area (Å²) >= 11 is 0. The van der Waals surface area contributed by atoms with E-state index >= 15 is 0 Å². The van der Waals surface area contributed by atoms with Gasteiger partial charge in [0, 0.05) is 13.1 Å². The first-order chi connectivity index (χ1) is 8.18. The van der Waals surface area contributed by atoms with E-state index in [0.717, 1.165) is 12.0 Å². The smallest absolute Gasteiger partial charge is 0.323 e. The fourth-order valence-corrected chi connectivity index (χ4v) is 5.49. The minimum Gasteiger partial charge on any atom is -0.323 e. The highest BCUT2D eigenvalue weighted by Gasteiger charge is 2.49. The zero-order chi connectivity index (χ0) is 14.0. The molecule has 18 heavy (non-hydrogen) atoms. The third-order valence-electron chi connectivity index (χ3n) is 2.64. The largest absolute Gasteiger partial charge is 0.357 e. The van der Waals surface area contributed by atoms with Crippen LogP contribution in [0.2, 0.25) is 0 Å². The van der Waals surface area contributed by atoms with Crippen molar-refractivity contribution in [1.82, 2.24) is 4.90 Å². The molecular weight excluding hydrogens is 280 g/mol. The first-order valence-electron chi connectivity index (χ1n) is 5.61. The Morgan fingerprint density at radius 2 is 2.06 bits per heavy atom. The van der Waals surface area contributed by atoms with Crippen molar-refractivity contribution in [2.24, 2.45) is 0 Å². The number of hydrogen-bond donors (Lipinski definition) is 3. The maximum Gasteiger partial charge on any atom is 0.357 e. The number of rotatable bonds is 5. The first kappa shape index (κ1) is 16.1. The van der Waals surface area contributed by atoms with Crippen LogP contribution in [0.1, 0.15) is 19.8 Å². The molecule has 1 heterocycles. The third kappa shape index (κ3) is 4.00. The lowest BCUT2D eigenvalue weighted by atomic mass is 10.1. The van der Waals surface area contributed by atoms with Gasteiger partial charge < -0.3 is 19.2 Å². The summed E-state index contributed by atoms with van der Waals surface area (Å²) in [6.45, 7) is 5.70. The van der Waals surface area contributed by atoms with Gasteiger partial charge in [-0.25, -0.2) is 0 Å². The average Bonchev–Trinajstić information content (AvgIpc) is 2.14. The van der Waals surface area contributed by atoms with Gasteiger partial charge in [0.1, 0.15) is 0 Å². The van der Waals surface area contributed by atoms with Crippen LogP contribution < -0.4 is 0 Å². The summed E-state index contributed by atoms with van der Waals surface area (Å²) in [6, 6.07) is 0. The highest BCUT2D eigenvalue weighted by molar-refractivity contribution is 7.71. The van der Waals surface area contributed by atoms with Crippen molar-refractivity contribution in [3.05, 3.63) is 12.2 Å². The molecule has 0 bridgehead atoms. The molecule has 2 unspecified atom stereocenters. The van der Waals surface area contributed by atoms with Gasteiger partial charge in [0.25, 0.3) is 0 Å². The Labute approximate surface area is 106 Å². The molecule has 7 nitrogen and oxygen atoms in total. The molecule has 3 N–H and O–H groups in total. The van der Waals surface area contributed by atoms with E-state index in [9.17, 15) is 23.8 Å². The molecule has 9 heteroatoms. The molecule has 1 aliphatic rings. The maximum atomic E-state index is 11.9. The molecule has 1 rings (SSSR count). The van der Waals surface area contributed by atoms with Crippen LogP contribution in [0.15, 0.2) is 12.2 Å². The van der Waals surface area contributed by atoms with Gasteiger partial charge >= 0.3 is 15.2 Å². The molecule has 1 saturated heterocycles. The molecule has 0 aliphatic carbocycles. The van der Waals surface area contributed by atoms with Crippen molar-refractivity contribution in [1.29, 1.82) is 0 Å². The van der Waals surface area contributed by atoms with Gasteiger partial charge in [0.05, 0.1) is 6.61 Å². The van der Waals surface area contributed by atoms with E-state index in [2.05, 4.69) is 11.1 Å². The summed E-state index contributed by atoms with van der Waals surface area (Å²) in [7, 11) is -9.17. The van der Waals surface area contributed by atoms with E-state index in [1.165, 1.54) is 11.8 Å². The standard InChI is InChI=1S/C9H19NO6P2/c1-3-16-18(14,15)9(17(11,12)13)10-6-4-5-8(2)7-10/h9H,2-7H2,1H3,(H,14,15)(H2,11,12,13). The van der Waals surface area contributed by atoms with Crippen LogP contribution in [0, 0.1) is 0 Å². The van der Waals surface area contributed by atoms with Crippen LogP contribution in [-0.2, 0) is 13.7 Å². The summed E-state index contributed by atoms with van der Waals surface area (Å²) in [5, 5.41) is 0. The molecule has 0 radical (unpaired) electrons. The van der Waals surface area contributed by atoms with Crippen molar-refractivity contribution >= 4 is 15.2 Å². The summed E-state index contributed by atoms with van der Waals surface area (Å²) in [6.07, 6.45) is 1.41. The van der Waals surface area contributed by atoms with E-state index < -0.39 is 20.7 Å². The van der Waals surface area contributed by atoms with Crippen LogP contribution in [0.25, 0.3) is 0 Å². The zero-order valence-electron chi connectivity index (χ0n) is 10.2. The Kier molecular flexibility index (Phi) is 5.32. The van der Waals surface area contributed by atoms with E-state index in [0.29, 0.717) is 13.0 Å². The summed E-state index contributed by atoms with van der Waals surface area (Å²) in [5.41, 5.74) is -1.02. The van der Waals surface area contributed by atoms with Gasteiger partial charge in [-0.2, -0.15) is 0 Å². The Balaban J connectivity index is 3.02. The van der Waals surface area contributed by atoms with Gasteiger partial charge in [0.15, 0.2) is 0 Å². The Hall–Kier alpha value is -0.0000000000000000416. The van der Waals surface area contributed by atoms with Crippen LogP contribution in [-0.4, -0.2) is 44.8 Å². The van der Waals surface area contributed by atoms with Crippen molar-refractivity contribution < 1.29 is 28.3 Å². The molecule has 0 spiro atoms. The van der Waals surface area contributed by atoms with Gasteiger partial charge in [-0.05, 0) is 19.8 Å². The van der Waals surface area contributed by atoms with Gasteiger partial charge in [-0.1, -0.05) is 12.2 Å². The van der Waals surface area contributed by atoms with E-state index in [1.807, 2.05) is 0 Å². The van der Waals surface area contributed by atoms with Crippen molar-refractivity contribution in [3.8, 4) is 0 Å². The lowest BCUT2D eigenvalue weighted by molar-refractivity contribution is 0.198. The van der Waals surface area contributed by atoms with Crippen LogP contribution >= 0.6 is 15.2 Å². The number of hydrogen-bond acceptors (Lipinski definition) is 4. The van der Waals surface area contributed by atoms with E-state index in [1.54, 1.807) is 0 Å². The third-order valence-corrected chi connectivity index (χ3v) is 6.88. The van der Waals surface area contributed by atoms with Crippen molar-refractivity contribution in [3.63, 3.8) is 0 Å². The lowest BCUT2D eigenvalue weighted by Gasteiger charge is -2.36. The predicted octanol–water partition coefficient (Wildman–Crippen LogP) is 1.32. The van der Waals surface area contributed by atoms with E-state index in [-0.39, 0.29) is 13.2 Å². The molecular formula is C9H19NO6P2. The minimum absolute atomic E-state index is 0.0843. The molecule has 0 saturated carbocycles. The fourth-order valence-electron chi connectivity index (χ4n) is 2.04. The van der Waals surface area contributed by atoms with E-state index in [4.69, 9.17) is 0 Å². The molecule has 0 amide bonds. The van der Waals surface area contributed by atoms with Gasteiger partial charge in [-0.15, -0.1) is 0 Å². The molecule has 2 atom stereocenters. The van der Waals surface area contributed by atoms with Gasteiger partial charge in [-0.3, -0.25) is 14.0 Å². The SMILES string of the molecule is C=C1CCCN(C(P(=O)(O)O)P(=O)(O)OCC)C1. The van der Waals surface area contributed by atoms with Crippen molar-refractivity contribution in [2.75, 3.05) is 19.7 Å². The van der Waals surface area contributed by atoms with Crippen LogP contribution in [0.5, 0.6) is 0 Å². The van der Waals surface area contributed by atoms with Crippen LogP contribution in [0.3, 0.4) is 0 Å². The predicted molar refractivity (Wildman–Crippen MR) is 67.2 cm³/mol. The highest BCUT2D eigenvalue weighted by atomic mass is 31.2. The summed E-state index contributed by atoms with van der Waals surface area (Å²) in [5.74, 6) is 0. The molecule has 106 valence electrons.